The van der Waals surface area contributed by atoms with Crippen molar-refractivity contribution >= 4 is 31.9 Å². The number of rotatable bonds is 7. The largest absolute Gasteiger partial charge is 0.496 e. The molecular weight excluding hydrogens is 422 g/mol. The Kier molecular flexibility index (Phi) is 6.66. The number of amides is 1. The van der Waals surface area contributed by atoms with Gasteiger partial charge in [0.15, 0.2) is 0 Å². The van der Waals surface area contributed by atoms with Crippen molar-refractivity contribution in [2.75, 3.05) is 13.7 Å². The first-order chi connectivity index (χ1) is 12.3. The lowest BCUT2D eigenvalue weighted by atomic mass is 10.1. The molecule has 6 nitrogen and oxygen atoms in total. The number of benzene rings is 2. The second-order valence-corrected chi connectivity index (χ2v) is 8.07. The van der Waals surface area contributed by atoms with E-state index >= 15 is 0 Å². The van der Waals surface area contributed by atoms with Crippen molar-refractivity contribution < 1.29 is 22.7 Å². The molecule has 2 aromatic carbocycles. The third-order valence-corrected chi connectivity index (χ3v) is 5.59. The van der Waals surface area contributed by atoms with Gasteiger partial charge < -0.3 is 9.47 Å². The summed E-state index contributed by atoms with van der Waals surface area (Å²) in [5.74, 6) is 0.555. The van der Waals surface area contributed by atoms with Crippen LogP contribution in [0.3, 0.4) is 0 Å². The van der Waals surface area contributed by atoms with Gasteiger partial charge in [0.05, 0.1) is 29.5 Å². The first-order valence-electron chi connectivity index (χ1n) is 7.88. The lowest BCUT2D eigenvalue weighted by molar-refractivity contribution is -0.118. The van der Waals surface area contributed by atoms with Crippen LogP contribution in [0, 0.1) is 6.92 Å². The van der Waals surface area contributed by atoms with Crippen molar-refractivity contribution in [1.82, 2.24) is 4.72 Å². The third kappa shape index (κ3) is 4.98. The summed E-state index contributed by atoms with van der Waals surface area (Å²) in [6, 6.07) is 9.62. The van der Waals surface area contributed by atoms with Crippen molar-refractivity contribution in [2.45, 2.75) is 25.2 Å². The van der Waals surface area contributed by atoms with Gasteiger partial charge in [-0.3, -0.25) is 4.79 Å². The van der Waals surface area contributed by atoms with Crippen molar-refractivity contribution in [1.29, 1.82) is 0 Å². The average molecular weight is 442 g/mol. The molecule has 1 N–H and O–H groups in total. The molecule has 0 saturated carbocycles. The Morgan fingerprint density at radius 2 is 1.88 bits per heavy atom. The Morgan fingerprint density at radius 1 is 1.15 bits per heavy atom. The monoisotopic (exact) mass is 441 g/mol. The highest BCUT2D eigenvalue weighted by Crippen LogP contribution is 2.27. The van der Waals surface area contributed by atoms with Crippen LogP contribution in [0.4, 0.5) is 0 Å². The summed E-state index contributed by atoms with van der Waals surface area (Å²) in [6.07, 6.45) is -0.0753. The van der Waals surface area contributed by atoms with Gasteiger partial charge in [-0.1, -0.05) is 12.1 Å². The van der Waals surface area contributed by atoms with E-state index in [9.17, 15) is 13.2 Å². The average Bonchev–Trinajstić information content (AvgIpc) is 2.58. The maximum absolute atomic E-state index is 12.4. The van der Waals surface area contributed by atoms with Gasteiger partial charge in [0.2, 0.25) is 5.91 Å². The summed E-state index contributed by atoms with van der Waals surface area (Å²) >= 11 is 3.27. The highest BCUT2D eigenvalue weighted by molar-refractivity contribution is 9.10. The van der Waals surface area contributed by atoms with Crippen LogP contribution in [0.25, 0.3) is 0 Å². The molecular formula is C18H20BrNO5S. The molecule has 0 fully saturated rings. The number of hydrogen-bond acceptors (Lipinski definition) is 5. The van der Waals surface area contributed by atoms with Crippen LogP contribution in [0.5, 0.6) is 11.5 Å². The lowest BCUT2D eigenvalue weighted by Gasteiger charge is -2.11. The standard InChI is InChI=1S/C18H20BrNO5S/c1-4-25-16-8-7-14(11-15(16)19)26(22,23)20-18(21)10-13-6-5-12(2)17(9-13)24-3/h5-9,11H,4,10H2,1-3H3,(H,20,21). The minimum absolute atomic E-state index is 0.0253. The summed E-state index contributed by atoms with van der Waals surface area (Å²) in [6.45, 7) is 4.18. The van der Waals surface area contributed by atoms with Crippen LogP contribution in [0.2, 0.25) is 0 Å². The Bertz CT molecular complexity index is 912. The van der Waals surface area contributed by atoms with Gasteiger partial charge in [0.25, 0.3) is 10.0 Å². The maximum Gasteiger partial charge on any atom is 0.264 e. The molecule has 0 unspecified atom stereocenters. The zero-order chi connectivity index (χ0) is 19.3. The van der Waals surface area contributed by atoms with E-state index in [2.05, 4.69) is 20.7 Å². The summed E-state index contributed by atoms with van der Waals surface area (Å²) in [5.41, 5.74) is 1.59. The number of ether oxygens (including phenoxy) is 2. The van der Waals surface area contributed by atoms with Crippen LogP contribution >= 0.6 is 15.9 Å². The molecule has 0 saturated heterocycles. The molecule has 0 heterocycles. The summed E-state index contributed by atoms with van der Waals surface area (Å²) in [7, 11) is -2.43. The smallest absolute Gasteiger partial charge is 0.264 e. The quantitative estimate of drug-likeness (QED) is 0.712. The van der Waals surface area contributed by atoms with Gasteiger partial charge in [-0.05, 0) is 65.2 Å². The van der Waals surface area contributed by atoms with Crippen molar-refractivity contribution in [3.8, 4) is 11.5 Å². The fourth-order valence-corrected chi connectivity index (χ4v) is 3.98. The van der Waals surface area contributed by atoms with E-state index in [0.29, 0.717) is 28.1 Å². The molecule has 0 bridgehead atoms. The molecule has 140 valence electrons. The molecule has 2 rings (SSSR count). The van der Waals surface area contributed by atoms with E-state index in [1.165, 1.54) is 18.2 Å². The number of carbonyl (C=O) groups excluding carboxylic acids is 1. The number of hydrogen-bond donors (Lipinski definition) is 1. The van der Waals surface area contributed by atoms with Gasteiger partial charge in [-0.15, -0.1) is 0 Å². The Hall–Kier alpha value is -2.06. The van der Waals surface area contributed by atoms with Gasteiger partial charge in [-0.25, -0.2) is 13.1 Å². The number of halogens is 1. The molecule has 26 heavy (non-hydrogen) atoms. The molecule has 1 amide bonds. The van der Waals surface area contributed by atoms with E-state index < -0.39 is 15.9 Å². The minimum atomic E-state index is -3.97. The Labute approximate surface area is 161 Å². The summed E-state index contributed by atoms with van der Waals surface area (Å²) in [5, 5.41) is 0. The molecule has 2 aromatic rings. The molecule has 0 radical (unpaired) electrons. The fourth-order valence-electron chi connectivity index (χ4n) is 2.33. The van der Waals surface area contributed by atoms with E-state index in [4.69, 9.17) is 9.47 Å². The summed E-state index contributed by atoms with van der Waals surface area (Å²) in [4.78, 5) is 12.1. The van der Waals surface area contributed by atoms with E-state index in [1.807, 2.05) is 19.9 Å². The maximum atomic E-state index is 12.4. The highest BCUT2D eigenvalue weighted by Gasteiger charge is 2.19. The van der Waals surface area contributed by atoms with E-state index in [0.717, 1.165) is 5.56 Å². The van der Waals surface area contributed by atoms with Crippen LogP contribution in [-0.2, 0) is 21.2 Å². The highest BCUT2D eigenvalue weighted by atomic mass is 79.9. The molecule has 8 heteroatoms. The molecule has 0 aromatic heterocycles. The Balaban J connectivity index is 2.13. The molecule has 0 aliphatic carbocycles. The van der Waals surface area contributed by atoms with Gasteiger partial charge in [0, 0.05) is 0 Å². The molecule has 0 aliphatic heterocycles. The number of methoxy groups -OCH3 is 1. The lowest BCUT2D eigenvalue weighted by Crippen LogP contribution is -2.31. The molecule has 0 spiro atoms. The third-order valence-electron chi connectivity index (χ3n) is 3.60. The Morgan fingerprint density at radius 3 is 2.50 bits per heavy atom. The minimum Gasteiger partial charge on any atom is -0.496 e. The predicted octanol–water partition coefficient (Wildman–Crippen LogP) is 3.21. The van der Waals surface area contributed by atoms with Gasteiger partial charge in [-0.2, -0.15) is 0 Å². The molecule has 0 atom stereocenters. The van der Waals surface area contributed by atoms with Crippen LogP contribution in [-0.4, -0.2) is 28.0 Å². The van der Waals surface area contributed by atoms with Crippen molar-refractivity contribution in [2.24, 2.45) is 0 Å². The number of nitrogens with one attached hydrogen (secondary N) is 1. The van der Waals surface area contributed by atoms with Crippen LogP contribution < -0.4 is 14.2 Å². The zero-order valence-electron chi connectivity index (χ0n) is 14.7. The topological polar surface area (TPSA) is 81.7 Å². The fraction of sp³-hybridized carbons (Fsp3) is 0.278. The second-order valence-electron chi connectivity index (χ2n) is 5.53. The molecule has 0 aliphatic rings. The number of aryl methyl sites for hydroxylation is 1. The normalized spacial score (nSPS) is 11.1. The zero-order valence-corrected chi connectivity index (χ0v) is 17.1. The van der Waals surface area contributed by atoms with E-state index in [1.54, 1.807) is 19.2 Å². The van der Waals surface area contributed by atoms with Crippen LogP contribution in [0.1, 0.15) is 18.1 Å². The first kappa shape index (κ1) is 20.3. The predicted molar refractivity (Wildman–Crippen MR) is 102 cm³/mol. The summed E-state index contributed by atoms with van der Waals surface area (Å²) < 4.78 is 38.0. The van der Waals surface area contributed by atoms with Crippen molar-refractivity contribution in [3.63, 3.8) is 0 Å². The van der Waals surface area contributed by atoms with Gasteiger partial charge in [0.1, 0.15) is 11.5 Å². The van der Waals surface area contributed by atoms with E-state index in [-0.39, 0.29) is 11.3 Å². The van der Waals surface area contributed by atoms with Gasteiger partial charge >= 0.3 is 0 Å². The first-order valence-corrected chi connectivity index (χ1v) is 10.2. The number of sulfonamides is 1. The number of carbonyl (C=O) groups is 1. The second kappa shape index (κ2) is 8.55. The SMILES string of the molecule is CCOc1ccc(S(=O)(=O)NC(=O)Cc2ccc(C)c(OC)c2)cc1Br. The van der Waals surface area contributed by atoms with Crippen molar-refractivity contribution in [3.05, 3.63) is 52.0 Å². The van der Waals surface area contributed by atoms with Crippen LogP contribution in [0.15, 0.2) is 45.8 Å².